The zero-order chi connectivity index (χ0) is 13.1. The van der Waals surface area contributed by atoms with Crippen molar-refractivity contribution in [2.45, 2.75) is 6.92 Å². The lowest BCUT2D eigenvalue weighted by molar-refractivity contribution is 0.627. The molecule has 18 heavy (non-hydrogen) atoms. The number of aromatic nitrogens is 3. The first-order valence-electron chi connectivity index (χ1n) is 5.21. The Labute approximate surface area is 108 Å². The van der Waals surface area contributed by atoms with Crippen LogP contribution < -0.4 is 10.6 Å². The summed E-state index contributed by atoms with van der Waals surface area (Å²) in [6, 6.07) is 4.39. The van der Waals surface area contributed by atoms with Crippen molar-refractivity contribution in [3.63, 3.8) is 0 Å². The Morgan fingerprint density at radius 1 is 1.17 bits per heavy atom. The van der Waals surface area contributed by atoms with Crippen molar-refractivity contribution in [1.82, 2.24) is 15.0 Å². The minimum atomic E-state index is -0.289. The molecule has 2 aromatic rings. The highest BCUT2D eigenvalue weighted by molar-refractivity contribution is 6.28. The average molecular weight is 268 g/mol. The first kappa shape index (κ1) is 12.5. The topological polar surface area (TPSA) is 62.7 Å². The van der Waals surface area contributed by atoms with Crippen LogP contribution in [0.2, 0.25) is 5.28 Å². The molecule has 5 nitrogen and oxygen atoms in total. The van der Waals surface area contributed by atoms with Crippen molar-refractivity contribution in [1.29, 1.82) is 0 Å². The van der Waals surface area contributed by atoms with Gasteiger partial charge in [-0.25, -0.2) is 4.39 Å². The maximum atomic E-state index is 13.0. The van der Waals surface area contributed by atoms with E-state index in [1.54, 1.807) is 20.0 Å². The van der Waals surface area contributed by atoms with E-state index in [1.807, 2.05) is 0 Å². The van der Waals surface area contributed by atoms with Crippen LogP contribution in [0.1, 0.15) is 5.56 Å². The Morgan fingerprint density at radius 2 is 1.89 bits per heavy atom. The van der Waals surface area contributed by atoms with Gasteiger partial charge in [0, 0.05) is 12.7 Å². The van der Waals surface area contributed by atoms with Gasteiger partial charge in [0.1, 0.15) is 5.82 Å². The van der Waals surface area contributed by atoms with Crippen LogP contribution in [0.3, 0.4) is 0 Å². The van der Waals surface area contributed by atoms with E-state index in [0.29, 0.717) is 17.6 Å². The predicted molar refractivity (Wildman–Crippen MR) is 68.8 cm³/mol. The molecule has 94 valence electrons. The van der Waals surface area contributed by atoms with E-state index >= 15 is 0 Å². The summed E-state index contributed by atoms with van der Waals surface area (Å²) in [5, 5.41) is 5.81. The second kappa shape index (κ2) is 5.14. The van der Waals surface area contributed by atoms with E-state index in [1.165, 1.54) is 12.1 Å². The van der Waals surface area contributed by atoms with Crippen molar-refractivity contribution >= 4 is 29.2 Å². The summed E-state index contributed by atoms with van der Waals surface area (Å²) in [5.74, 6) is 0.369. The molecule has 0 fully saturated rings. The Balaban J connectivity index is 2.30. The molecule has 0 atom stereocenters. The van der Waals surface area contributed by atoms with Crippen LogP contribution in [0.25, 0.3) is 0 Å². The molecular weight excluding hydrogens is 257 g/mol. The molecule has 0 bridgehead atoms. The highest BCUT2D eigenvalue weighted by Crippen LogP contribution is 2.20. The number of nitrogens with one attached hydrogen (secondary N) is 2. The summed E-state index contributed by atoms with van der Waals surface area (Å²) in [4.78, 5) is 11.9. The van der Waals surface area contributed by atoms with Crippen LogP contribution in [0.15, 0.2) is 18.2 Å². The molecule has 0 aliphatic rings. The average Bonchev–Trinajstić information content (AvgIpc) is 2.32. The molecule has 1 aromatic carbocycles. The summed E-state index contributed by atoms with van der Waals surface area (Å²) < 4.78 is 13.0. The van der Waals surface area contributed by atoms with Gasteiger partial charge in [0.15, 0.2) is 0 Å². The third-order valence-electron chi connectivity index (χ3n) is 2.27. The first-order valence-corrected chi connectivity index (χ1v) is 5.59. The Morgan fingerprint density at radius 3 is 2.56 bits per heavy atom. The van der Waals surface area contributed by atoms with Crippen molar-refractivity contribution in [2.75, 3.05) is 17.7 Å². The van der Waals surface area contributed by atoms with Crippen molar-refractivity contribution < 1.29 is 4.39 Å². The van der Waals surface area contributed by atoms with Crippen molar-refractivity contribution in [2.24, 2.45) is 0 Å². The van der Waals surface area contributed by atoms with Gasteiger partial charge in [0.25, 0.3) is 0 Å². The molecule has 0 amide bonds. The van der Waals surface area contributed by atoms with E-state index in [0.717, 1.165) is 5.56 Å². The van der Waals surface area contributed by atoms with Crippen LogP contribution in [0, 0.1) is 12.7 Å². The largest absolute Gasteiger partial charge is 0.357 e. The maximum absolute atomic E-state index is 13.0. The smallest absolute Gasteiger partial charge is 0.233 e. The molecule has 2 N–H and O–H groups in total. The van der Waals surface area contributed by atoms with E-state index in [4.69, 9.17) is 11.6 Å². The second-order valence-corrected chi connectivity index (χ2v) is 3.92. The van der Waals surface area contributed by atoms with Gasteiger partial charge in [-0.1, -0.05) is 0 Å². The van der Waals surface area contributed by atoms with E-state index in [-0.39, 0.29) is 11.1 Å². The van der Waals surface area contributed by atoms with Gasteiger partial charge >= 0.3 is 0 Å². The SMILES string of the molecule is CNc1nc(Cl)nc(Nc2ccc(F)cc2C)n1. The minimum Gasteiger partial charge on any atom is -0.357 e. The van der Waals surface area contributed by atoms with Gasteiger partial charge in [0.2, 0.25) is 17.2 Å². The number of aryl methyl sites for hydroxylation is 1. The van der Waals surface area contributed by atoms with Crippen LogP contribution in [-0.2, 0) is 0 Å². The van der Waals surface area contributed by atoms with Gasteiger partial charge in [-0.3, -0.25) is 0 Å². The second-order valence-electron chi connectivity index (χ2n) is 3.59. The lowest BCUT2D eigenvalue weighted by atomic mass is 10.2. The van der Waals surface area contributed by atoms with Crippen LogP contribution in [-0.4, -0.2) is 22.0 Å². The quantitative estimate of drug-likeness (QED) is 0.895. The monoisotopic (exact) mass is 267 g/mol. The molecule has 0 saturated heterocycles. The molecular formula is C11H11ClFN5. The summed E-state index contributed by atoms with van der Waals surface area (Å²) in [6.07, 6.45) is 0. The van der Waals surface area contributed by atoms with Crippen LogP contribution in [0.4, 0.5) is 22.0 Å². The molecule has 1 aromatic heterocycles. The molecule has 0 spiro atoms. The lowest BCUT2D eigenvalue weighted by Crippen LogP contribution is -2.04. The molecule has 0 aliphatic carbocycles. The van der Waals surface area contributed by atoms with E-state index in [2.05, 4.69) is 25.6 Å². The third kappa shape index (κ3) is 2.84. The Kier molecular flexibility index (Phi) is 3.57. The number of hydrogen-bond acceptors (Lipinski definition) is 5. The highest BCUT2D eigenvalue weighted by atomic mass is 35.5. The molecule has 1 heterocycles. The summed E-state index contributed by atoms with van der Waals surface area (Å²) >= 11 is 5.76. The zero-order valence-electron chi connectivity index (χ0n) is 9.83. The molecule has 7 heteroatoms. The standard InChI is InChI=1S/C11H11ClFN5/c1-6-5-7(13)3-4-8(6)15-11-17-9(12)16-10(14-2)18-11/h3-5H,1-2H3,(H2,14,15,16,17,18). The van der Waals surface area contributed by atoms with E-state index in [9.17, 15) is 4.39 Å². The molecule has 0 unspecified atom stereocenters. The predicted octanol–water partition coefficient (Wildman–Crippen LogP) is 2.76. The van der Waals surface area contributed by atoms with Crippen LogP contribution >= 0.6 is 11.6 Å². The Hall–Kier alpha value is -1.95. The number of halogens is 2. The third-order valence-corrected chi connectivity index (χ3v) is 2.44. The van der Waals surface area contributed by atoms with Crippen LogP contribution in [0.5, 0.6) is 0 Å². The van der Waals surface area contributed by atoms with Crippen molar-refractivity contribution in [3.05, 3.63) is 34.9 Å². The lowest BCUT2D eigenvalue weighted by Gasteiger charge is -2.09. The fourth-order valence-electron chi connectivity index (χ4n) is 1.41. The fourth-order valence-corrected chi connectivity index (χ4v) is 1.57. The number of anilines is 3. The summed E-state index contributed by atoms with van der Waals surface area (Å²) in [5.41, 5.74) is 1.46. The summed E-state index contributed by atoms with van der Waals surface area (Å²) in [7, 11) is 1.68. The maximum Gasteiger partial charge on any atom is 0.233 e. The number of nitrogens with zero attached hydrogens (tertiary/aromatic N) is 3. The molecule has 0 radical (unpaired) electrons. The molecule has 0 aliphatic heterocycles. The van der Waals surface area contributed by atoms with E-state index < -0.39 is 0 Å². The van der Waals surface area contributed by atoms with Gasteiger partial charge in [-0.2, -0.15) is 15.0 Å². The molecule has 0 saturated carbocycles. The zero-order valence-corrected chi connectivity index (χ0v) is 10.6. The first-order chi connectivity index (χ1) is 8.58. The fraction of sp³-hybridized carbons (Fsp3) is 0.182. The number of hydrogen-bond donors (Lipinski definition) is 2. The van der Waals surface area contributed by atoms with Crippen molar-refractivity contribution in [3.8, 4) is 0 Å². The summed E-state index contributed by atoms with van der Waals surface area (Å²) in [6.45, 7) is 1.78. The Bertz CT molecular complexity index is 575. The minimum absolute atomic E-state index is 0.0802. The van der Waals surface area contributed by atoms with Gasteiger partial charge in [0.05, 0.1) is 0 Å². The number of rotatable bonds is 3. The highest BCUT2D eigenvalue weighted by Gasteiger charge is 2.06. The van der Waals surface area contributed by atoms with Gasteiger partial charge in [-0.05, 0) is 42.3 Å². The van der Waals surface area contributed by atoms with Gasteiger partial charge < -0.3 is 10.6 Å². The number of benzene rings is 1. The normalized spacial score (nSPS) is 10.2. The van der Waals surface area contributed by atoms with Gasteiger partial charge in [-0.15, -0.1) is 0 Å². The molecule has 2 rings (SSSR count).